The van der Waals surface area contributed by atoms with Crippen molar-refractivity contribution in [2.75, 3.05) is 6.54 Å². The number of nitrogens with two attached hydrogens (primary N) is 1. The second kappa shape index (κ2) is 5.70. The van der Waals surface area contributed by atoms with Crippen molar-refractivity contribution in [3.8, 4) is 0 Å². The molecule has 0 atom stereocenters. The molecule has 2 N–H and O–H groups in total. The summed E-state index contributed by atoms with van der Waals surface area (Å²) in [5, 5.41) is 13.2. The lowest BCUT2D eigenvalue weighted by molar-refractivity contribution is 0.637. The largest absolute Gasteiger partial charge is 0.330 e. The summed E-state index contributed by atoms with van der Waals surface area (Å²) in [5.41, 5.74) is 6.91. The molecule has 0 aliphatic heterocycles. The number of nitrogens with zero attached hydrogens (tertiary/aromatic N) is 6. The molecule has 0 saturated heterocycles. The molecule has 3 aromatic heterocycles. The van der Waals surface area contributed by atoms with Crippen LogP contribution in [0.4, 0.5) is 0 Å². The molecule has 0 radical (unpaired) electrons. The summed E-state index contributed by atoms with van der Waals surface area (Å²) >= 11 is 1.38. The van der Waals surface area contributed by atoms with Crippen molar-refractivity contribution in [2.24, 2.45) is 5.73 Å². The number of aromatic nitrogens is 6. The van der Waals surface area contributed by atoms with E-state index in [0.29, 0.717) is 23.7 Å². The van der Waals surface area contributed by atoms with Gasteiger partial charge in [0.1, 0.15) is 5.01 Å². The lowest BCUT2D eigenvalue weighted by Crippen LogP contribution is -2.14. The summed E-state index contributed by atoms with van der Waals surface area (Å²) in [7, 11) is 0. The molecule has 0 fully saturated rings. The molecule has 8 nitrogen and oxygen atoms in total. The number of hydrogen-bond acceptors (Lipinski definition) is 7. The topological polar surface area (TPSA) is 104 Å². The molecule has 21 heavy (non-hydrogen) atoms. The van der Waals surface area contributed by atoms with Gasteiger partial charge >= 0.3 is 0 Å². The smallest absolute Gasteiger partial charge is 0.275 e. The highest BCUT2D eigenvalue weighted by Gasteiger charge is 2.09. The molecule has 3 heterocycles. The Labute approximate surface area is 124 Å². The lowest BCUT2D eigenvalue weighted by Gasteiger charge is -1.93. The molecule has 0 unspecified atom stereocenters. The van der Waals surface area contributed by atoms with E-state index in [9.17, 15) is 4.79 Å². The van der Waals surface area contributed by atoms with Gasteiger partial charge in [-0.3, -0.25) is 4.79 Å². The Morgan fingerprint density at radius 2 is 2.29 bits per heavy atom. The van der Waals surface area contributed by atoms with Gasteiger partial charge in [-0.15, -0.1) is 5.10 Å². The highest BCUT2D eigenvalue weighted by molar-refractivity contribution is 7.16. The predicted molar refractivity (Wildman–Crippen MR) is 78.4 cm³/mol. The van der Waals surface area contributed by atoms with Crippen LogP contribution in [0.2, 0.25) is 0 Å². The minimum Gasteiger partial charge on any atom is -0.330 e. The lowest BCUT2D eigenvalue weighted by atomic mass is 10.2. The van der Waals surface area contributed by atoms with Crippen LogP contribution < -0.4 is 11.3 Å². The predicted octanol–water partition coefficient (Wildman–Crippen LogP) is -0.00948. The first-order valence-electron chi connectivity index (χ1n) is 6.61. The summed E-state index contributed by atoms with van der Waals surface area (Å²) < 4.78 is 3.03. The van der Waals surface area contributed by atoms with Crippen LogP contribution in [0.15, 0.2) is 17.1 Å². The molecule has 0 aliphatic rings. The molecule has 3 rings (SSSR count). The normalized spacial score (nSPS) is 11.3. The maximum absolute atomic E-state index is 11.8. The Morgan fingerprint density at radius 1 is 1.43 bits per heavy atom. The third-order valence-electron chi connectivity index (χ3n) is 2.94. The Balaban J connectivity index is 1.83. The van der Waals surface area contributed by atoms with Crippen molar-refractivity contribution < 1.29 is 0 Å². The second-order valence-corrected chi connectivity index (χ2v) is 5.77. The first-order valence-corrected chi connectivity index (χ1v) is 7.43. The van der Waals surface area contributed by atoms with Gasteiger partial charge in [-0.05, 0) is 26.3 Å². The molecule has 0 spiro atoms. The number of hydrogen-bond donors (Lipinski definition) is 1. The molecule has 0 aromatic carbocycles. The molecule has 0 saturated carbocycles. The van der Waals surface area contributed by atoms with E-state index in [2.05, 4.69) is 20.4 Å². The quantitative estimate of drug-likeness (QED) is 0.711. The van der Waals surface area contributed by atoms with Crippen molar-refractivity contribution in [3.63, 3.8) is 0 Å². The van der Waals surface area contributed by atoms with E-state index >= 15 is 0 Å². The average molecular weight is 305 g/mol. The maximum atomic E-state index is 11.8. The van der Waals surface area contributed by atoms with Gasteiger partial charge in [-0.25, -0.2) is 9.67 Å². The zero-order chi connectivity index (χ0) is 14.8. The van der Waals surface area contributed by atoms with Gasteiger partial charge in [0, 0.05) is 18.0 Å². The van der Waals surface area contributed by atoms with Gasteiger partial charge < -0.3 is 5.73 Å². The van der Waals surface area contributed by atoms with E-state index in [1.54, 1.807) is 11.6 Å². The highest BCUT2D eigenvalue weighted by atomic mass is 32.1. The Bertz CT molecular complexity index is 818. The van der Waals surface area contributed by atoms with E-state index < -0.39 is 0 Å². The molecule has 9 heteroatoms. The Kier molecular flexibility index (Phi) is 3.76. The number of rotatable bonds is 5. The first-order chi connectivity index (χ1) is 10.2. The van der Waals surface area contributed by atoms with Crippen LogP contribution in [0.5, 0.6) is 0 Å². The molecule has 0 amide bonds. The number of fused-ring (bicyclic) bond motifs is 1. The van der Waals surface area contributed by atoms with Crippen molar-refractivity contribution in [2.45, 2.75) is 26.3 Å². The molecule has 0 bridgehead atoms. The van der Waals surface area contributed by atoms with E-state index in [0.717, 1.165) is 23.5 Å². The van der Waals surface area contributed by atoms with Crippen LogP contribution in [0, 0.1) is 6.92 Å². The van der Waals surface area contributed by atoms with Crippen molar-refractivity contribution in [1.82, 2.24) is 29.6 Å². The van der Waals surface area contributed by atoms with Gasteiger partial charge in [0.15, 0.2) is 0 Å². The molecule has 110 valence electrons. The Hall–Kier alpha value is -2.13. The van der Waals surface area contributed by atoms with Gasteiger partial charge in [0.25, 0.3) is 5.56 Å². The van der Waals surface area contributed by atoms with E-state index in [4.69, 9.17) is 5.73 Å². The average Bonchev–Trinajstić information content (AvgIpc) is 3.03. The second-order valence-electron chi connectivity index (χ2n) is 4.73. The zero-order valence-electron chi connectivity index (χ0n) is 11.6. The maximum Gasteiger partial charge on any atom is 0.275 e. The summed E-state index contributed by atoms with van der Waals surface area (Å²) in [6.45, 7) is 2.91. The van der Waals surface area contributed by atoms with Gasteiger partial charge in [0.2, 0.25) is 4.96 Å². The van der Waals surface area contributed by atoms with Crippen molar-refractivity contribution in [3.05, 3.63) is 39.0 Å². The van der Waals surface area contributed by atoms with E-state index in [1.165, 1.54) is 21.9 Å². The summed E-state index contributed by atoms with van der Waals surface area (Å²) in [6, 6.07) is 1.47. The third kappa shape index (κ3) is 2.98. The SMILES string of the molecule is Cc1cc(=O)n2nc(Cn3cc(CCCN)nn3)sc2n1. The monoisotopic (exact) mass is 305 g/mol. The minimum atomic E-state index is -0.165. The fourth-order valence-electron chi connectivity index (χ4n) is 1.98. The molecular weight excluding hydrogens is 290 g/mol. The molecule has 3 aromatic rings. The van der Waals surface area contributed by atoms with Gasteiger partial charge in [-0.2, -0.15) is 9.61 Å². The van der Waals surface area contributed by atoms with Gasteiger partial charge in [-0.1, -0.05) is 16.6 Å². The van der Waals surface area contributed by atoms with E-state index in [-0.39, 0.29) is 5.56 Å². The van der Waals surface area contributed by atoms with Crippen LogP contribution in [-0.2, 0) is 13.0 Å². The fourth-order valence-corrected chi connectivity index (χ4v) is 2.91. The van der Waals surface area contributed by atoms with Gasteiger partial charge in [0.05, 0.1) is 12.2 Å². The van der Waals surface area contributed by atoms with Crippen LogP contribution in [0.1, 0.15) is 22.8 Å². The zero-order valence-corrected chi connectivity index (χ0v) is 12.4. The minimum absolute atomic E-state index is 0.165. The standard InChI is InChI=1S/C12H15N7OS/c1-8-5-11(20)19-12(14-8)21-10(16-19)7-18-6-9(15-17-18)3-2-4-13/h5-6H,2-4,7,13H2,1H3. The third-order valence-corrected chi connectivity index (χ3v) is 3.83. The number of aryl methyl sites for hydroxylation is 2. The molecular formula is C12H15N7OS. The molecule has 0 aliphatic carbocycles. The Morgan fingerprint density at radius 3 is 3.10 bits per heavy atom. The summed E-state index contributed by atoms with van der Waals surface area (Å²) in [6.07, 6.45) is 3.58. The van der Waals surface area contributed by atoms with Crippen LogP contribution in [0.25, 0.3) is 4.96 Å². The van der Waals surface area contributed by atoms with Crippen LogP contribution in [-0.4, -0.2) is 36.1 Å². The highest BCUT2D eigenvalue weighted by Crippen LogP contribution is 2.12. The fraction of sp³-hybridized carbons (Fsp3) is 0.417. The van der Waals surface area contributed by atoms with Crippen molar-refractivity contribution >= 4 is 16.3 Å². The van der Waals surface area contributed by atoms with E-state index in [1.807, 2.05) is 6.20 Å². The van der Waals surface area contributed by atoms with Crippen molar-refractivity contribution in [1.29, 1.82) is 0 Å². The van der Waals surface area contributed by atoms with Crippen LogP contribution >= 0.6 is 11.3 Å². The first kappa shape index (κ1) is 13.8. The van der Waals surface area contributed by atoms with Crippen LogP contribution in [0.3, 0.4) is 0 Å². The summed E-state index contributed by atoms with van der Waals surface area (Å²) in [5.74, 6) is 0. The summed E-state index contributed by atoms with van der Waals surface area (Å²) in [4.78, 5) is 16.7.